The smallest absolute Gasteiger partial charge is 0.234 e. The molecule has 0 bridgehead atoms. The van der Waals surface area contributed by atoms with Gasteiger partial charge in [0.25, 0.3) is 0 Å². The number of ether oxygens (including phenoxy) is 1. The molecule has 2 aromatic rings. The van der Waals surface area contributed by atoms with Crippen LogP contribution >= 0.6 is 23.4 Å². The Kier molecular flexibility index (Phi) is 7.33. The average molecular weight is 406 g/mol. The molecular weight excluding hydrogens is 382 g/mol. The topological polar surface area (TPSA) is 55.4 Å². The fraction of sp³-hybridized carbons (Fsp3) is 0.333. The van der Waals surface area contributed by atoms with Crippen molar-refractivity contribution in [2.75, 3.05) is 18.2 Å². The molecule has 0 aliphatic carbocycles. The number of anilines is 1. The highest BCUT2D eigenvalue weighted by Gasteiger charge is 2.15. The predicted octanol–water partition coefficient (Wildman–Crippen LogP) is 5.35. The summed E-state index contributed by atoms with van der Waals surface area (Å²) in [4.78, 5) is 24.2. The first kappa shape index (κ1) is 21.3. The monoisotopic (exact) mass is 405 g/mol. The molecule has 0 radical (unpaired) electrons. The van der Waals surface area contributed by atoms with E-state index in [1.54, 1.807) is 32.2 Å². The van der Waals surface area contributed by atoms with Gasteiger partial charge >= 0.3 is 0 Å². The Labute approximate surface area is 169 Å². The molecule has 0 spiro atoms. The number of halogens is 1. The van der Waals surface area contributed by atoms with Crippen molar-refractivity contribution < 1.29 is 14.3 Å². The number of carbonyl (C=O) groups excluding carboxylic acids is 2. The Morgan fingerprint density at radius 1 is 1.15 bits per heavy atom. The molecule has 4 nitrogen and oxygen atoms in total. The molecule has 0 aliphatic heterocycles. The SMILES string of the molecule is COc1ccc(Cl)cc1NC(=O)CSCc1c(C)cc(C)c(C(C)=O)c1C. The molecule has 0 atom stereocenters. The molecule has 0 fully saturated rings. The fourth-order valence-corrected chi connectivity index (χ4v) is 4.38. The number of ketones is 1. The third kappa shape index (κ3) is 5.27. The van der Waals surface area contributed by atoms with Crippen molar-refractivity contribution in [3.05, 3.63) is 57.1 Å². The van der Waals surface area contributed by atoms with E-state index in [4.69, 9.17) is 16.3 Å². The second kappa shape index (κ2) is 9.29. The molecule has 6 heteroatoms. The minimum Gasteiger partial charge on any atom is -0.495 e. The first-order valence-corrected chi connectivity index (χ1v) is 10.1. The highest BCUT2D eigenvalue weighted by Crippen LogP contribution is 2.29. The first-order chi connectivity index (χ1) is 12.7. The van der Waals surface area contributed by atoms with Gasteiger partial charge in [0.1, 0.15) is 5.75 Å². The third-order valence-corrected chi connectivity index (χ3v) is 5.59. The zero-order valence-corrected chi connectivity index (χ0v) is 17.8. The maximum absolute atomic E-state index is 12.3. The van der Waals surface area contributed by atoms with Gasteiger partial charge in [-0.3, -0.25) is 9.59 Å². The average Bonchev–Trinajstić information content (AvgIpc) is 2.57. The van der Waals surface area contributed by atoms with Gasteiger partial charge in [0.2, 0.25) is 5.91 Å². The second-order valence-electron chi connectivity index (χ2n) is 6.43. The van der Waals surface area contributed by atoms with Crippen LogP contribution in [-0.4, -0.2) is 24.6 Å². The lowest BCUT2D eigenvalue weighted by molar-refractivity contribution is -0.113. The van der Waals surface area contributed by atoms with Gasteiger partial charge in [-0.05, 0) is 68.1 Å². The predicted molar refractivity (Wildman–Crippen MR) is 113 cm³/mol. The molecule has 0 heterocycles. The number of hydrogen-bond donors (Lipinski definition) is 1. The summed E-state index contributed by atoms with van der Waals surface area (Å²) in [5.74, 6) is 1.46. The van der Waals surface area contributed by atoms with Crippen LogP contribution in [0.1, 0.15) is 39.5 Å². The van der Waals surface area contributed by atoms with Crippen molar-refractivity contribution >= 4 is 40.7 Å². The van der Waals surface area contributed by atoms with E-state index < -0.39 is 0 Å². The van der Waals surface area contributed by atoms with Crippen molar-refractivity contribution in [2.45, 2.75) is 33.4 Å². The molecule has 1 amide bonds. The maximum atomic E-state index is 12.3. The molecule has 0 saturated carbocycles. The fourth-order valence-electron chi connectivity index (χ4n) is 3.20. The van der Waals surface area contributed by atoms with Crippen LogP contribution in [0.3, 0.4) is 0 Å². The second-order valence-corrected chi connectivity index (χ2v) is 7.85. The first-order valence-electron chi connectivity index (χ1n) is 8.56. The minimum absolute atomic E-state index is 0.0713. The summed E-state index contributed by atoms with van der Waals surface area (Å²) < 4.78 is 5.24. The van der Waals surface area contributed by atoms with Crippen LogP contribution in [0.25, 0.3) is 0 Å². The lowest BCUT2D eigenvalue weighted by Crippen LogP contribution is -2.15. The summed E-state index contributed by atoms with van der Waals surface area (Å²) >= 11 is 7.50. The largest absolute Gasteiger partial charge is 0.495 e. The molecule has 0 aromatic heterocycles. The molecule has 0 saturated heterocycles. The van der Waals surface area contributed by atoms with E-state index in [-0.39, 0.29) is 17.4 Å². The van der Waals surface area contributed by atoms with E-state index in [1.165, 1.54) is 11.8 Å². The van der Waals surface area contributed by atoms with E-state index in [0.717, 1.165) is 27.8 Å². The number of aryl methyl sites for hydroxylation is 2. The number of hydrogen-bond acceptors (Lipinski definition) is 4. The zero-order valence-electron chi connectivity index (χ0n) is 16.2. The van der Waals surface area contributed by atoms with Gasteiger partial charge in [0.15, 0.2) is 5.78 Å². The van der Waals surface area contributed by atoms with Gasteiger partial charge in [-0.25, -0.2) is 0 Å². The van der Waals surface area contributed by atoms with E-state index in [0.29, 0.717) is 22.2 Å². The highest BCUT2D eigenvalue weighted by molar-refractivity contribution is 7.99. The number of rotatable bonds is 7. The van der Waals surface area contributed by atoms with Crippen molar-refractivity contribution in [1.82, 2.24) is 0 Å². The van der Waals surface area contributed by atoms with Gasteiger partial charge in [0, 0.05) is 16.3 Å². The summed E-state index contributed by atoms with van der Waals surface area (Å²) in [6.07, 6.45) is 0. The van der Waals surface area contributed by atoms with Crippen molar-refractivity contribution in [2.24, 2.45) is 0 Å². The van der Waals surface area contributed by atoms with Crippen molar-refractivity contribution in [1.29, 1.82) is 0 Å². The Morgan fingerprint density at radius 2 is 1.85 bits per heavy atom. The standard InChI is InChI=1S/C21H24ClNO3S/c1-12-8-13(2)21(15(4)24)14(3)17(12)10-27-11-20(25)23-18-9-16(22)6-7-19(18)26-5/h6-9H,10-11H2,1-5H3,(H,23,25). The number of methoxy groups -OCH3 is 1. The Balaban J connectivity index is 2.05. The van der Waals surface area contributed by atoms with E-state index in [9.17, 15) is 9.59 Å². The van der Waals surface area contributed by atoms with Gasteiger partial charge in [0.05, 0.1) is 18.6 Å². The number of benzene rings is 2. The molecule has 2 aromatic carbocycles. The van der Waals surface area contributed by atoms with Crippen LogP contribution < -0.4 is 10.1 Å². The van der Waals surface area contributed by atoms with E-state index >= 15 is 0 Å². The van der Waals surface area contributed by atoms with Crippen molar-refractivity contribution in [3.8, 4) is 5.75 Å². The summed E-state index contributed by atoms with van der Waals surface area (Å²) in [5, 5.41) is 3.36. The maximum Gasteiger partial charge on any atom is 0.234 e. The molecule has 2 rings (SSSR count). The molecule has 144 valence electrons. The van der Waals surface area contributed by atoms with Gasteiger partial charge in [-0.1, -0.05) is 17.7 Å². The van der Waals surface area contributed by atoms with Gasteiger partial charge in [-0.2, -0.15) is 0 Å². The number of amides is 1. The number of carbonyl (C=O) groups is 2. The summed E-state index contributed by atoms with van der Waals surface area (Å²) in [5.41, 5.74) is 5.59. The summed E-state index contributed by atoms with van der Waals surface area (Å²) in [7, 11) is 1.54. The number of thioether (sulfide) groups is 1. The molecule has 0 aliphatic rings. The molecular formula is C21H24ClNO3S. The van der Waals surface area contributed by atoms with Gasteiger partial charge < -0.3 is 10.1 Å². The van der Waals surface area contributed by atoms with E-state index in [2.05, 4.69) is 5.32 Å². The summed E-state index contributed by atoms with van der Waals surface area (Å²) in [6, 6.07) is 7.13. The normalized spacial score (nSPS) is 10.6. The van der Waals surface area contributed by atoms with Crippen LogP contribution in [0.2, 0.25) is 5.02 Å². The lowest BCUT2D eigenvalue weighted by atomic mass is 9.92. The summed E-state index contributed by atoms with van der Waals surface area (Å²) in [6.45, 7) is 7.56. The Bertz CT molecular complexity index is 880. The number of nitrogens with one attached hydrogen (secondary N) is 1. The number of Topliss-reactive ketones (excluding diaryl/α,β-unsaturated/α-hetero) is 1. The highest BCUT2D eigenvalue weighted by atomic mass is 35.5. The van der Waals surface area contributed by atoms with Crippen LogP contribution in [0.5, 0.6) is 5.75 Å². The minimum atomic E-state index is -0.130. The van der Waals surface area contributed by atoms with Crippen LogP contribution in [0.4, 0.5) is 5.69 Å². The van der Waals surface area contributed by atoms with Crippen LogP contribution in [-0.2, 0) is 10.5 Å². The quantitative estimate of drug-likeness (QED) is 0.631. The van der Waals surface area contributed by atoms with E-state index in [1.807, 2.05) is 26.8 Å². The van der Waals surface area contributed by atoms with Crippen molar-refractivity contribution in [3.63, 3.8) is 0 Å². The third-order valence-electron chi connectivity index (χ3n) is 4.40. The molecule has 27 heavy (non-hydrogen) atoms. The molecule has 0 unspecified atom stereocenters. The Morgan fingerprint density at radius 3 is 2.48 bits per heavy atom. The van der Waals surface area contributed by atoms with Crippen LogP contribution in [0.15, 0.2) is 24.3 Å². The van der Waals surface area contributed by atoms with Gasteiger partial charge in [-0.15, -0.1) is 11.8 Å². The molecule has 1 N–H and O–H groups in total. The van der Waals surface area contributed by atoms with Crippen LogP contribution in [0, 0.1) is 20.8 Å². The zero-order chi connectivity index (χ0) is 20.1. The lowest BCUT2D eigenvalue weighted by Gasteiger charge is -2.16. The Hall–Kier alpha value is -1.98.